The summed E-state index contributed by atoms with van der Waals surface area (Å²) in [7, 11) is -3.61. The molecule has 1 aliphatic rings. The molecule has 0 unspecified atom stereocenters. The van der Waals surface area contributed by atoms with Crippen molar-refractivity contribution in [1.82, 2.24) is 9.62 Å². The number of nitrogens with zero attached hydrogens (tertiary/aromatic N) is 1. The molecule has 0 spiro atoms. The van der Waals surface area contributed by atoms with Crippen LogP contribution in [0.5, 0.6) is 0 Å². The van der Waals surface area contributed by atoms with Crippen LogP contribution in [-0.2, 0) is 10.0 Å². The Balaban J connectivity index is 2.22. The fourth-order valence-corrected chi connectivity index (χ4v) is 4.92. The van der Waals surface area contributed by atoms with Crippen molar-refractivity contribution < 1.29 is 18.3 Å². The summed E-state index contributed by atoms with van der Waals surface area (Å²) in [6.45, 7) is 6.10. The van der Waals surface area contributed by atoms with E-state index in [2.05, 4.69) is 5.32 Å². The third kappa shape index (κ3) is 4.59. The van der Waals surface area contributed by atoms with Crippen molar-refractivity contribution in [3.63, 3.8) is 0 Å². The first kappa shape index (κ1) is 19.9. The van der Waals surface area contributed by atoms with Gasteiger partial charge < -0.3 is 10.4 Å². The molecule has 25 heavy (non-hydrogen) atoms. The minimum atomic E-state index is -3.61. The molecule has 1 saturated carbocycles. The van der Waals surface area contributed by atoms with E-state index >= 15 is 0 Å². The maximum absolute atomic E-state index is 12.8. The molecule has 2 N–H and O–H groups in total. The van der Waals surface area contributed by atoms with Crippen LogP contribution in [0.3, 0.4) is 0 Å². The molecule has 0 atom stereocenters. The fraction of sp³-hybridized carbons (Fsp3) is 0.611. The second kappa shape index (κ2) is 8.29. The Kier molecular flexibility index (Phi) is 6.59. The highest BCUT2D eigenvalue weighted by Gasteiger charge is 2.26. The number of aliphatic hydroxyl groups excluding tert-OH is 1. The Morgan fingerprint density at radius 3 is 2.36 bits per heavy atom. The summed E-state index contributed by atoms with van der Waals surface area (Å²) in [5, 5.41) is 12.5. The number of aryl methyl sites for hydroxylation is 1. The minimum Gasteiger partial charge on any atom is -0.393 e. The van der Waals surface area contributed by atoms with Crippen LogP contribution in [-0.4, -0.2) is 49.0 Å². The predicted molar refractivity (Wildman–Crippen MR) is 97.0 cm³/mol. The number of amides is 1. The molecule has 0 saturated heterocycles. The standard InChI is InChI=1S/C18H28N2O4S/c1-4-20(5-2)25(23,24)17-12-14(7-6-13(17)3)18(22)19-15-8-10-16(21)11-9-15/h6-7,12,15-16,21H,4-5,8-11H2,1-3H3,(H,19,22). The van der Waals surface area contributed by atoms with Crippen molar-refractivity contribution in [3.05, 3.63) is 29.3 Å². The summed E-state index contributed by atoms with van der Waals surface area (Å²) in [4.78, 5) is 12.7. The maximum Gasteiger partial charge on any atom is 0.251 e. The van der Waals surface area contributed by atoms with Gasteiger partial charge >= 0.3 is 0 Å². The van der Waals surface area contributed by atoms with Gasteiger partial charge in [0.15, 0.2) is 0 Å². The summed E-state index contributed by atoms with van der Waals surface area (Å²) < 4.78 is 27.0. The summed E-state index contributed by atoms with van der Waals surface area (Å²) in [6, 6.07) is 4.83. The van der Waals surface area contributed by atoms with Gasteiger partial charge in [-0.25, -0.2) is 8.42 Å². The molecule has 2 rings (SSSR count). The molecule has 1 aliphatic carbocycles. The van der Waals surface area contributed by atoms with Gasteiger partial charge in [0.05, 0.1) is 11.0 Å². The molecule has 0 aliphatic heterocycles. The Hall–Kier alpha value is -1.44. The van der Waals surface area contributed by atoms with E-state index in [1.165, 1.54) is 10.4 Å². The molecule has 1 aromatic carbocycles. The van der Waals surface area contributed by atoms with Gasteiger partial charge in [-0.1, -0.05) is 19.9 Å². The zero-order chi connectivity index (χ0) is 18.6. The largest absolute Gasteiger partial charge is 0.393 e. The molecule has 0 radical (unpaired) electrons. The van der Waals surface area contributed by atoms with Gasteiger partial charge in [-0.2, -0.15) is 4.31 Å². The zero-order valence-electron chi connectivity index (χ0n) is 15.2. The van der Waals surface area contributed by atoms with Crippen LogP contribution in [0, 0.1) is 6.92 Å². The number of carbonyl (C=O) groups is 1. The molecular weight excluding hydrogens is 340 g/mol. The average Bonchev–Trinajstić information content (AvgIpc) is 2.58. The van der Waals surface area contributed by atoms with Gasteiger partial charge in [0.2, 0.25) is 10.0 Å². The molecule has 0 aromatic heterocycles. The molecule has 0 bridgehead atoms. The van der Waals surface area contributed by atoms with E-state index < -0.39 is 10.0 Å². The van der Waals surface area contributed by atoms with Crippen molar-refractivity contribution in [3.8, 4) is 0 Å². The maximum atomic E-state index is 12.8. The summed E-state index contributed by atoms with van der Waals surface area (Å²) in [6.07, 6.45) is 2.56. The highest BCUT2D eigenvalue weighted by Crippen LogP contribution is 2.22. The third-order valence-corrected chi connectivity index (χ3v) is 7.00. The quantitative estimate of drug-likeness (QED) is 0.805. The second-order valence-corrected chi connectivity index (χ2v) is 8.45. The smallest absolute Gasteiger partial charge is 0.251 e. The van der Waals surface area contributed by atoms with Crippen molar-refractivity contribution >= 4 is 15.9 Å². The number of sulfonamides is 1. The Morgan fingerprint density at radius 2 is 1.80 bits per heavy atom. The Morgan fingerprint density at radius 1 is 1.20 bits per heavy atom. The topological polar surface area (TPSA) is 86.7 Å². The van der Waals surface area contributed by atoms with Gasteiger partial charge in [0.1, 0.15) is 0 Å². The van der Waals surface area contributed by atoms with Crippen LogP contribution in [0.25, 0.3) is 0 Å². The lowest BCUT2D eigenvalue weighted by molar-refractivity contribution is 0.0867. The number of aliphatic hydroxyl groups is 1. The SMILES string of the molecule is CCN(CC)S(=O)(=O)c1cc(C(=O)NC2CCC(O)CC2)ccc1C. The fourth-order valence-electron chi connectivity index (χ4n) is 3.21. The lowest BCUT2D eigenvalue weighted by atomic mass is 9.93. The van der Waals surface area contributed by atoms with Gasteiger partial charge in [-0.15, -0.1) is 0 Å². The number of rotatable bonds is 6. The normalized spacial score (nSPS) is 21.3. The highest BCUT2D eigenvalue weighted by atomic mass is 32.2. The molecule has 7 heteroatoms. The molecule has 0 heterocycles. The Labute approximate surface area is 150 Å². The number of hydrogen-bond donors (Lipinski definition) is 2. The van der Waals surface area contributed by atoms with E-state index in [-0.39, 0.29) is 22.9 Å². The number of carbonyl (C=O) groups excluding carboxylic acids is 1. The molecule has 6 nitrogen and oxygen atoms in total. The van der Waals surface area contributed by atoms with Crippen LogP contribution in [0.1, 0.15) is 55.5 Å². The zero-order valence-corrected chi connectivity index (χ0v) is 16.0. The van der Waals surface area contributed by atoms with Crippen LogP contribution < -0.4 is 5.32 Å². The van der Waals surface area contributed by atoms with Crippen LogP contribution in [0.2, 0.25) is 0 Å². The molecular formula is C18H28N2O4S. The van der Waals surface area contributed by atoms with E-state index in [4.69, 9.17) is 0 Å². The van der Waals surface area contributed by atoms with E-state index in [1.807, 2.05) is 0 Å². The molecule has 1 aromatic rings. The van der Waals surface area contributed by atoms with Gasteiger partial charge in [-0.05, 0) is 50.3 Å². The van der Waals surface area contributed by atoms with Crippen molar-refractivity contribution in [2.24, 2.45) is 0 Å². The minimum absolute atomic E-state index is 0.0278. The van der Waals surface area contributed by atoms with Crippen LogP contribution >= 0.6 is 0 Å². The Bertz CT molecular complexity index is 706. The molecule has 1 fully saturated rings. The lowest BCUT2D eigenvalue weighted by Gasteiger charge is -2.26. The first-order valence-electron chi connectivity index (χ1n) is 8.89. The average molecular weight is 368 g/mol. The summed E-state index contributed by atoms with van der Waals surface area (Å²) >= 11 is 0. The number of hydrogen-bond acceptors (Lipinski definition) is 4. The lowest BCUT2D eigenvalue weighted by Crippen LogP contribution is -2.38. The second-order valence-electron chi connectivity index (χ2n) is 6.55. The highest BCUT2D eigenvalue weighted by molar-refractivity contribution is 7.89. The van der Waals surface area contributed by atoms with E-state index in [9.17, 15) is 18.3 Å². The number of nitrogens with one attached hydrogen (secondary N) is 1. The number of benzene rings is 1. The van der Waals surface area contributed by atoms with Gasteiger partial charge in [-0.3, -0.25) is 4.79 Å². The first-order chi connectivity index (χ1) is 11.8. The van der Waals surface area contributed by atoms with Gasteiger partial charge in [0.25, 0.3) is 5.91 Å². The molecule has 1 amide bonds. The van der Waals surface area contributed by atoms with Crippen molar-refractivity contribution in [2.45, 2.75) is 63.5 Å². The van der Waals surface area contributed by atoms with Crippen LogP contribution in [0.15, 0.2) is 23.1 Å². The summed E-state index contributed by atoms with van der Waals surface area (Å²) in [5.74, 6) is -0.266. The van der Waals surface area contributed by atoms with Crippen LogP contribution in [0.4, 0.5) is 0 Å². The van der Waals surface area contributed by atoms with E-state index in [1.54, 1.807) is 32.9 Å². The first-order valence-corrected chi connectivity index (χ1v) is 10.3. The van der Waals surface area contributed by atoms with E-state index in [0.29, 0.717) is 37.1 Å². The molecule has 140 valence electrons. The monoisotopic (exact) mass is 368 g/mol. The summed E-state index contributed by atoms with van der Waals surface area (Å²) in [5.41, 5.74) is 0.978. The van der Waals surface area contributed by atoms with E-state index in [0.717, 1.165) is 12.8 Å². The third-order valence-electron chi connectivity index (χ3n) is 4.81. The van der Waals surface area contributed by atoms with Crippen molar-refractivity contribution in [2.75, 3.05) is 13.1 Å². The van der Waals surface area contributed by atoms with Crippen molar-refractivity contribution in [1.29, 1.82) is 0 Å². The van der Waals surface area contributed by atoms with Gasteiger partial charge in [0, 0.05) is 24.7 Å². The predicted octanol–water partition coefficient (Wildman–Crippen LogP) is 2.06.